The van der Waals surface area contributed by atoms with Crippen molar-refractivity contribution in [2.45, 2.75) is 0 Å². The first kappa shape index (κ1) is 13.8. The number of benzene rings is 3. The first-order valence-electron chi connectivity index (χ1n) is 6.81. The topological polar surface area (TPSA) is 52.4 Å². The number of hydrogen-bond acceptors (Lipinski definition) is 3. The number of nitrogens with zero attached hydrogens (tertiary/aromatic N) is 1. The Kier molecular flexibility index (Phi) is 3.83. The van der Waals surface area contributed by atoms with Gasteiger partial charge >= 0.3 is 5.69 Å². The molecule has 0 saturated heterocycles. The van der Waals surface area contributed by atoms with Crippen molar-refractivity contribution in [1.82, 2.24) is 0 Å². The number of nitro groups is 1. The summed E-state index contributed by atoms with van der Waals surface area (Å²) in [7, 11) is 0. The largest absolute Gasteiger partial charge is 0.450 e. The number of hydrogen-bond donors (Lipinski definition) is 0. The van der Waals surface area contributed by atoms with Crippen LogP contribution in [-0.2, 0) is 0 Å². The maximum atomic E-state index is 11.2. The van der Waals surface area contributed by atoms with Crippen LogP contribution in [0.2, 0.25) is 0 Å². The van der Waals surface area contributed by atoms with Gasteiger partial charge in [0.15, 0.2) is 0 Å². The molecule has 0 bridgehead atoms. The molecule has 0 unspecified atom stereocenters. The predicted molar refractivity (Wildman–Crippen MR) is 85.0 cm³/mol. The normalized spacial score (nSPS) is 10.2. The molecular formula is C18H13NO3. The SMILES string of the molecule is O=[N+]([O-])c1ccc(-c2ccccc2)cc1Oc1ccccc1. The van der Waals surface area contributed by atoms with E-state index in [1.54, 1.807) is 24.3 Å². The van der Waals surface area contributed by atoms with Crippen LogP contribution in [0.3, 0.4) is 0 Å². The predicted octanol–water partition coefficient (Wildman–Crippen LogP) is 5.05. The Hall–Kier alpha value is -3.14. The van der Waals surface area contributed by atoms with Crippen LogP contribution >= 0.6 is 0 Å². The molecule has 0 aliphatic heterocycles. The monoisotopic (exact) mass is 291 g/mol. The minimum Gasteiger partial charge on any atom is -0.450 e. The van der Waals surface area contributed by atoms with Crippen molar-refractivity contribution in [3.63, 3.8) is 0 Å². The van der Waals surface area contributed by atoms with Crippen molar-refractivity contribution >= 4 is 5.69 Å². The fraction of sp³-hybridized carbons (Fsp3) is 0. The highest BCUT2D eigenvalue weighted by molar-refractivity contribution is 5.68. The van der Waals surface area contributed by atoms with Gasteiger partial charge in [0.05, 0.1) is 4.92 Å². The lowest BCUT2D eigenvalue weighted by molar-refractivity contribution is -0.385. The molecule has 0 aromatic heterocycles. The highest BCUT2D eigenvalue weighted by Gasteiger charge is 2.16. The zero-order chi connectivity index (χ0) is 15.4. The van der Waals surface area contributed by atoms with Crippen molar-refractivity contribution in [2.24, 2.45) is 0 Å². The highest BCUT2D eigenvalue weighted by Crippen LogP contribution is 2.35. The lowest BCUT2D eigenvalue weighted by Gasteiger charge is -2.08. The number of rotatable bonds is 4. The second-order valence-corrected chi connectivity index (χ2v) is 4.72. The second-order valence-electron chi connectivity index (χ2n) is 4.72. The van der Waals surface area contributed by atoms with Gasteiger partial charge in [0.1, 0.15) is 5.75 Å². The molecule has 4 heteroatoms. The molecule has 3 aromatic carbocycles. The molecular weight excluding hydrogens is 278 g/mol. The lowest BCUT2D eigenvalue weighted by Crippen LogP contribution is -1.94. The quantitative estimate of drug-likeness (QED) is 0.499. The molecule has 0 atom stereocenters. The molecule has 0 radical (unpaired) electrons. The number of nitro benzene ring substituents is 1. The Morgan fingerprint density at radius 1 is 0.773 bits per heavy atom. The summed E-state index contributed by atoms with van der Waals surface area (Å²) in [5.41, 5.74) is 1.80. The van der Waals surface area contributed by atoms with E-state index in [2.05, 4.69) is 0 Å². The average Bonchev–Trinajstić information content (AvgIpc) is 2.56. The Morgan fingerprint density at radius 3 is 2.05 bits per heavy atom. The molecule has 0 heterocycles. The summed E-state index contributed by atoms with van der Waals surface area (Å²) in [6.07, 6.45) is 0. The van der Waals surface area contributed by atoms with Gasteiger partial charge in [-0.2, -0.15) is 0 Å². The molecule has 0 aliphatic rings. The molecule has 22 heavy (non-hydrogen) atoms. The molecule has 0 saturated carbocycles. The third-order valence-corrected chi connectivity index (χ3v) is 3.23. The summed E-state index contributed by atoms with van der Waals surface area (Å²) >= 11 is 0. The summed E-state index contributed by atoms with van der Waals surface area (Å²) in [6.45, 7) is 0. The molecule has 0 spiro atoms. The zero-order valence-corrected chi connectivity index (χ0v) is 11.7. The van der Waals surface area contributed by atoms with Crippen LogP contribution in [0.1, 0.15) is 0 Å². The van der Waals surface area contributed by atoms with E-state index in [0.717, 1.165) is 11.1 Å². The average molecular weight is 291 g/mol. The lowest BCUT2D eigenvalue weighted by atomic mass is 10.1. The van der Waals surface area contributed by atoms with E-state index < -0.39 is 4.92 Å². The van der Waals surface area contributed by atoms with Crippen LogP contribution in [0.15, 0.2) is 78.9 Å². The van der Waals surface area contributed by atoms with E-state index in [9.17, 15) is 10.1 Å². The van der Waals surface area contributed by atoms with Gasteiger partial charge in [0, 0.05) is 6.07 Å². The molecule has 3 aromatic rings. The summed E-state index contributed by atoms with van der Waals surface area (Å²) in [6, 6.07) is 23.6. The van der Waals surface area contributed by atoms with Crippen molar-refractivity contribution in [2.75, 3.05) is 0 Å². The standard InChI is InChI=1S/C18H13NO3/c20-19(21)17-12-11-15(14-7-3-1-4-8-14)13-18(17)22-16-9-5-2-6-10-16/h1-13H. The minimum absolute atomic E-state index is 0.0523. The summed E-state index contributed by atoms with van der Waals surface area (Å²) in [5, 5.41) is 11.2. The van der Waals surface area contributed by atoms with E-state index in [1.807, 2.05) is 48.5 Å². The first-order chi connectivity index (χ1) is 10.7. The highest BCUT2D eigenvalue weighted by atomic mass is 16.6. The third-order valence-electron chi connectivity index (χ3n) is 3.23. The Morgan fingerprint density at radius 2 is 1.41 bits per heavy atom. The Bertz CT molecular complexity index is 786. The van der Waals surface area contributed by atoms with Gasteiger partial charge < -0.3 is 4.74 Å². The van der Waals surface area contributed by atoms with Crippen molar-refractivity contribution in [3.05, 3.63) is 89.0 Å². The fourth-order valence-electron chi connectivity index (χ4n) is 2.17. The van der Waals surface area contributed by atoms with E-state index >= 15 is 0 Å². The first-order valence-corrected chi connectivity index (χ1v) is 6.81. The molecule has 3 rings (SSSR count). The molecule has 0 aliphatic carbocycles. The zero-order valence-electron chi connectivity index (χ0n) is 11.7. The molecule has 0 amide bonds. The van der Waals surface area contributed by atoms with Gasteiger partial charge in [-0.25, -0.2) is 0 Å². The Balaban J connectivity index is 2.03. The third kappa shape index (κ3) is 2.96. The van der Waals surface area contributed by atoms with E-state index in [1.165, 1.54) is 6.07 Å². The van der Waals surface area contributed by atoms with Gasteiger partial charge in [-0.15, -0.1) is 0 Å². The van der Waals surface area contributed by atoms with Crippen molar-refractivity contribution in [1.29, 1.82) is 0 Å². The molecule has 0 fully saturated rings. The molecule has 0 N–H and O–H groups in total. The van der Waals surface area contributed by atoms with Crippen LogP contribution in [0.5, 0.6) is 11.5 Å². The van der Waals surface area contributed by atoms with Gasteiger partial charge in [0.25, 0.3) is 0 Å². The fourth-order valence-corrected chi connectivity index (χ4v) is 2.17. The number of ether oxygens (including phenoxy) is 1. The summed E-state index contributed by atoms with van der Waals surface area (Å²) < 4.78 is 5.69. The molecule has 4 nitrogen and oxygen atoms in total. The van der Waals surface area contributed by atoms with Gasteiger partial charge in [-0.1, -0.05) is 48.5 Å². The van der Waals surface area contributed by atoms with Crippen LogP contribution in [0, 0.1) is 10.1 Å². The van der Waals surface area contributed by atoms with Gasteiger partial charge in [-0.05, 0) is 35.4 Å². The van der Waals surface area contributed by atoms with E-state index in [-0.39, 0.29) is 11.4 Å². The van der Waals surface area contributed by atoms with Crippen LogP contribution in [0.4, 0.5) is 5.69 Å². The van der Waals surface area contributed by atoms with Crippen LogP contribution in [0.25, 0.3) is 11.1 Å². The van der Waals surface area contributed by atoms with Crippen molar-refractivity contribution < 1.29 is 9.66 Å². The van der Waals surface area contributed by atoms with Crippen molar-refractivity contribution in [3.8, 4) is 22.6 Å². The maximum absolute atomic E-state index is 11.2. The van der Waals surface area contributed by atoms with Crippen LogP contribution in [-0.4, -0.2) is 4.92 Å². The minimum atomic E-state index is -0.437. The Labute approximate surface area is 127 Å². The molecule has 108 valence electrons. The maximum Gasteiger partial charge on any atom is 0.311 e. The van der Waals surface area contributed by atoms with E-state index in [0.29, 0.717) is 5.75 Å². The second kappa shape index (κ2) is 6.10. The van der Waals surface area contributed by atoms with Crippen LogP contribution < -0.4 is 4.74 Å². The summed E-state index contributed by atoms with van der Waals surface area (Å²) in [4.78, 5) is 10.7. The summed E-state index contributed by atoms with van der Waals surface area (Å²) in [5.74, 6) is 0.799. The number of para-hydroxylation sites is 1. The van der Waals surface area contributed by atoms with E-state index in [4.69, 9.17) is 4.74 Å². The smallest absolute Gasteiger partial charge is 0.311 e. The van der Waals surface area contributed by atoms with Gasteiger partial charge in [-0.3, -0.25) is 10.1 Å². The van der Waals surface area contributed by atoms with Gasteiger partial charge in [0.2, 0.25) is 5.75 Å².